The number of hydrogen-bond acceptors (Lipinski definition) is 1. The van der Waals surface area contributed by atoms with E-state index in [4.69, 9.17) is 11.6 Å². The maximum absolute atomic E-state index is 11.1. The van der Waals surface area contributed by atoms with Crippen molar-refractivity contribution in [2.75, 3.05) is 0 Å². The van der Waals surface area contributed by atoms with Crippen molar-refractivity contribution in [3.05, 3.63) is 12.2 Å². The second kappa shape index (κ2) is 2.59. The number of allylic oxidation sites excluding steroid dienone is 1. The van der Waals surface area contributed by atoms with Crippen molar-refractivity contribution in [2.45, 2.75) is 37.5 Å². The molecule has 66 valence electrons. The fraction of sp³-hybridized carbons (Fsp3) is 0.700. The summed E-state index contributed by atoms with van der Waals surface area (Å²) in [5.41, 5.74) is 1.23. The zero-order valence-corrected chi connectivity index (χ0v) is 7.86. The Bertz CT molecular complexity index is 246. The lowest BCUT2D eigenvalue weighted by molar-refractivity contribution is -0.130. The maximum Gasteiger partial charge on any atom is 0.152 e. The van der Waals surface area contributed by atoms with E-state index in [0.29, 0.717) is 6.42 Å². The fourth-order valence-electron chi connectivity index (χ4n) is 2.39. The fourth-order valence-corrected chi connectivity index (χ4v) is 2.81. The first-order chi connectivity index (χ1) is 5.67. The summed E-state index contributed by atoms with van der Waals surface area (Å²) < 4.78 is 0. The molecule has 2 saturated carbocycles. The van der Waals surface area contributed by atoms with Crippen LogP contribution in [0.4, 0.5) is 0 Å². The highest BCUT2D eigenvalue weighted by atomic mass is 35.5. The van der Waals surface area contributed by atoms with Crippen LogP contribution in [0.1, 0.15) is 32.1 Å². The van der Waals surface area contributed by atoms with E-state index in [9.17, 15) is 4.79 Å². The lowest BCUT2D eigenvalue weighted by Crippen LogP contribution is -2.52. The summed E-state index contributed by atoms with van der Waals surface area (Å²) in [5, 5.41) is -0.259. The van der Waals surface area contributed by atoms with Crippen molar-refractivity contribution in [3.63, 3.8) is 0 Å². The van der Waals surface area contributed by atoms with Gasteiger partial charge in [-0.3, -0.25) is 4.79 Å². The van der Waals surface area contributed by atoms with Gasteiger partial charge in [-0.15, -0.1) is 11.6 Å². The standard InChI is InChI=1S/C10H13ClO/c1-7-4-2-3-5-10(7)6-8(12)9(10)11/h9H,1-6H2. The third kappa shape index (κ3) is 0.891. The average Bonchev–Trinajstić information content (AvgIpc) is 2.08. The zero-order chi connectivity index (χ0) is 8.77. The molecule has 0 heterocycles. The molecule has 0 aliphatic heterocycles. The van der Waals surface area contributed by atoms with Crippen LogP contribution < -0.4 is 0 Å². The summed E-state index contributed by atoms with van der Waals surface area (Å²) in [4.78, 5) is 11.1. The minimum Gasteiger partial charge on any atom is -0.298 e. The summed E-state index contributed by atoms with van der Waals surface area (Å²) in [6.45, 7) is 4.04. The van der Waals surface area contributed by atoms with E-state index >= 15 is 0 Å². The number of rotatable bonds is 0. The molecule has 2 aliphatic carbocycles. The van der Waals surface area contributed by atoms with Crippen LogP contribution in [0.15, 0.2) is 12.2 Å². The third-order valence-electron chi connectivity index (χ3n) is 3.31. The normalized spacial score (nSPS) is 41.6. The number of ketones is 1. The van der Waals surface area contributed by atoms with Crippen molar-refractivity contribution in [1.29, 1.82) is 0 Å². The topological polar surface area (TPSA) is 17.1 Å². The quantitative estimate of drug-likeness (QED) is 0.418. The zero-order valence-electron chi connectivity index (χ0n) is 7.11. The number of carbonyl (C=O) groups excluding carboxylic acids is 1. The van der Waals surface area contributed by atoms with E-state index in [2.05, 4.69) is 6.58 Å². The average molecular weight is 185 g/mol. The molecule has 0 amide bonds. The molecule has 2 atom stereocenters. The predicted octanol–water partition coefficient (Wildman–Crippen LogP) is 2.68. The molecular formula is C10H13ClO. The molecule has 2 heteroatoms. The number of alkyl halides is 1. The molecule has 0 aromatic heterocycles. The molecule has 1 spiro atoms. The molecule has 0 aromatic rings. The van der Waals surface area contributed by atoms with Gasteiger partial charge >= 0.3 is 0 Å². The molecule has 0 aromatic carbocycles. The Morgan fingerprint density at radius 1 is 1.50 bits per heavy atom. The largest absolute Gasteiger partial charge is 0.298 e. The van der Waals surface area contributed by atoms with E-state index in [-0.39, 0.29) is 16.6 Å². The molecule has 2 rings (SSSR count). The predicted molar refractivity (Wildman–Crippen MR) is 49.3 cm³/mol. The summed E-state index contributed by atoms with van der Waals surface area (Å²) >= 11 is 6.02. The number of hydrogen-bond donors (Lipinski definition) is 0. The van der Waals surface area contributed by atoms with Crippen molar-refractivity contribution < 1.29 is 4.79 Å². The van der Waals surface area contributed by atoms with Gasteiger partial charge in [-0.2, -0.15) is 0 Å². The summed E-state index contributed by atoms with van der Waals surface area (Å²) in [5.74, 6) is 0.208. The monoisotopic (exact) mass is 184 g/mol. The Balaban J connectivity index is 2.20. The highest BCUT2D eigenvalue weighted by Crippen LogP contribution is 2.54. The minimum atomic E-state index is -0.259. The number of Topliss-reactive ketones (excluding diaryl/α,β-unsaturated/α-hetero) is 1. The molecule has 2 unspecified atom stereocenters. The van der Waals surface area contributed by atoms with Crippen molar-refractivity contribution in [3.8, 4) is 0 Å². The summed E-state index contributed by atoms with van der Waals surface area (Å²) in [7, 11) is 0. The first kappa shape index (κ1) is 8.31. The molecule has 2 aliphatic rings. The second-order valence-corrected chi connectivity index (χ2v) is 4.41. The molecule has 0 N–H and O–H groups in total. The van der Waals surface area contributed by atoms with Crippen LogP contribution in [0.2, 0.25) is 0 Å². The van der Waals surface area contributed by atoms with Gasteiger partial charge in [0.2, 0.25) is 0 Å². The molecule has 1 nitrogen and oxygen atoms in total. The minimum absolute atomic E-state index is 0.0108. The van der Waals surface area contributed by atoms with Gasteiger partial charge in [0.05, 0.1) is 0 Å². The highest BCUT2D eigenvalue weighted by molar-refractivity contribution is 6.34. The van der Waals surface area contributed by atoms with Crippen molar-refractivity contribution in [2.24, 2.45) is 5.41 Å². The molecule has 0 saturated heterocycles. The van der Waals surface area contributed by atoms with Gasteiger partial charge in [-0.25, -0.2) is 0 Å². The van der Waals surface area contributed by atoms with Gasteiger partial charge in [0, 0.05) is 11.8 Å². The van der Waals surface area contributed by atoms with E-state index in [1.165, 1.54) is 18.4 Å². The van der Waals surface area contributed by atoms with Crippen molar-refractivity contribution >= 4 is 17.4 Å². The molecule has 12 heavy (non-hydrogen) atoms. The van der Waals surface area contributed by atoms with E-state index in [1.54, 1.807) is 0 Å². The second-order valence-electron chi connectivity index (χ2n) is 3.97. The number of carbonyl (C=O) groups is 1. The van der Waals surface area contributed by atoms with Crippen LogP contribution in [0.5, 0.6) is 0 Å². The maximum atomic E-state index is 11.1. The number of halogens is 1. The van der Waals surface area contributed by atoms with Crippen LogP contribution in [0, 0.1) is 5.41 Å². The Kier molecular flexibility index (Phi) is 1.80. The van der Waals surface area contributed by atoms with Crippen LogP contribution in [-0.4, -0.2) is 11.2 Å². The molecule has 2 fully saturated rings. The summed E-state index contributed by atoms with van der Waals surface area (Å²) in [6, 6.07) is 0. The van der Waals surface area contributed by atoms with Gasteiger partial charge in [-0.1, -0.05) is 18.6 Å². The Morgan fingerprint density at radius 2 is 2.25 bits per heavy atom. The SMILES string of the molecule is C=C1CCCCC12CC(=O)C2Cl. The van der Waals surface area contributed by atoms with Crippen LogP contribution in [-0.2, 0) is 4.79 Å². The Hall–Kier alpha value is -0.300. The van der Waals surface area contributed by atoms with Gasteiger partial charge in [0.15, 0.2) is 5.78 Å². The van der Waals surface area contributed by atoms with E-state index in [0.717, 1.165) is 12.8 Å². The van der Waals surface area contributed by atoms with Gasteiger partial charge in [-0.05, 0) is 19.3 Å². The molecule has 0 bridgehead atoms. The molecule has 0 radical (unpaired) electrons. The highest BCUT2D eigenvalue weighted by Gasteiger charge is 2.54. The van der Waals surface area contributed by atoms with Crippen LogP contribution in [0.3, 0.4) is 0 Å². The van der Waals surface area contributed by atoms with Gasteiger partial charge < -0.3 is 0 Å². The van der Waals surface area contributed by atoms with Crippen molar-refractivity contribution in [1.82, 2.24) is 0 Å². The van der Waals surface area contributed by atoms with Gasteiger partial charge in [0.1, 0.15) is 5.38 Å². The van der Waals surface area contributed by atoms with E-state index in [1.807, 2.05) is 0 Å². The van der Waals surface area contributed by atoms with Crippen LogP contribution in [0.25, 0.3) is 0 Å². The summed E-state index contributed by atoms with van der Waals surface area (Å²) in [6.07, 6.45) is 5.22. The lowest BCUT2D eigenvalue weighted by atomic mass is 9.57. The van der Waals surface area contributed by atoms with Gasteiger partial charge in [0.25, 0.3) is 0 Å². The smallest absolute Gasteiger partial charge is 0.152 e. The Labute approximate surface area is 77.8 Å². The van der Waals surface area contributed by atoms with E-state index < -0.39 is 0 Å². The lowest BCUT2D eigenvalue weighted by Gasteiger charge is -2.49. The molecular weight excluding hydrogens is 172 g/mol. The Morgan fingerprint density at radius 3 is 2.75 bits per heavy atom. The first-order valence-corrected chi connectivity index (χ1v) is 4.95. The first-order valence-electron chi connectivity index (χ1n) is 4.52. The third-order valence-corrected chi connectivity index (χ3v) is 3.97. The van der Waals surface area contributed by atoms with Crippen LogP contribution >= 0.6 is 11.6 Å².